The van der Waals surface area contributed by atoms with Crippen LogP contribution in [0.15, 0.2) is 0 Å². The van der Waals surface area contributed by atoms with E-state index in [9.17, 15) is 0 Å². The lowest BCUT2D eigenvalue weighted by Crippen LogP contribution is -2.11. The van der Waals surface area contributed by atoms with Gasteiger partial charge in [0.2, 0.25) is 0 Å². The zero-order valence-electron chi connectivity index (χ0n) is 5.71. The first-order valence-corrected chi connectivity index (χ1v) is 4.01. The third-order valence-corrected chi connectivity index (χ3v) is 2.91. The Morgan fingerprint density at radius 1 is 1.11 bits per heavy atom. The molecule has 2 aliphatic carbocycles. The third kappa shape index (κ3) is 0.983. The highest BCUT2D eigenvalue weighted by Gasteiger charge is 2.41. The zero-order valence-corrected chi connectivity index (χ0v) is 5.71. The molecule has 2 rings (SSSR count). The minimum absolute atomic E-state index is 0.434. The number of fused-ring (bicyclic) bond motifs is 1. The predicted octanol–water partition coefficient (Wildman–Crippen LogP) is 1.41. The molecular formula is C8H14O. The van der Waals surface area contributed by atoms with Crippen molar-refractivity contribution in [3.8, 4) is 0 Å². The van der Waals surface area contributed by atoms with E-state index >= 15 is 0 Å². The van der Waals surface area contributed by atoms with Crippen molar-refractivity contribution in [2.75, 3.05) is 6.61 Å². The van der Waals surface area contributed by atoms with Gasteiger partial charge in [0.25, 0.3) is 0 Å². The molecule has 9 heavy (non-hydrogen) atoms. The first-order chi connectivity index (χ1) is 4.40. The quantitative estimate of drug-likeness (QED) is 0.563. The van der Waals surface area contributed by atoms with Gasteiger partial charge >= 0.3 is 0 Å². The fourth-order valence-corrected chi connectivity index (χ4v) is 2.11. The van der Waals surface area contributed by atoms with Crippen LogP contribution in [-0.4, -0.2) is 11.7 Å². The molecule has 0 spiro atoms. The van der Waals surface area contributed by atoms with E-state index in [2.05, 4.69) is 0 Å². The van der Waals surface area contributed by atoms with Gasteiger partial charge in [-0.15, -0.1) is 0 Å². The second-order valence-corrected chi connectivity index (χ2v) is 3.62. The number of rotatable bonds is 1. The van der Waals surface area contributed by atoms with Crippen molar-refractivity contribution in [1.29, 1.82) is 0 Å². The van der Waals surface area contributed by atoms with Crippen molar-refractivity contribution < 1.29 is 5.11 Å². The van der Waals surface area contributed by atoms with Crippen molar-refractivity contribution in [2.45, 2.75) is 25.7 Å². The number of hydrogen-bond acceptors (Lipinski definition) is 1. The Labute approximate surface area is 56.1 Å². The summed E-state index contributed by atoms with van der Waals surface area (Å²) in [5, 5.41) is 8.83. The summed E-state index contributed by atoms with van der Waals surface area (Å²) in [5.74, 6) is 2.76. The van der Waals surface area contributed by atoms with Gasteiger partial charge in [-0.2, -0.15) is 0 Å². The predicted molar refractivity (Wildman–Crippen MR) is 36.0 cm³/mol. The van der Waals surface area contributed by atoms with Gasteiger partial charge in [0.05, 0.1) is 0 Å². The van der Waals surface area contributed by atoms with E-state index in [1.807, 2.05) is 0 Å². The second kappa shape index (κ2) is 1.98. The summed E-state index contributed by atoms with van der Waals surface area (Å²) >= 11 is 0. The molecule has 0 saturated heterocycles. The topological polar surface area (TPSA) is 20.2 Å². The Balaban J connectivity index is 1.86. The first kappa shape index (κ1) is 5.72. The Hall–Kier alpha value is -0.0400. The molecule has 0 aromatic rings. The molecule has 3 unspecified atom stereocenters. The van der Waals surface area contributed by atoms with Gasteiger partial charge in [-0.3, -0.25) is 0 Å². The summed E-state index contributed by atoms with van der Waals surface area (Å²) in [6.45, 7) is 0.434. The molecule has 0 aromatic heterocycles. The highest BCUT2D eigenvalue weighted by atomic mass is 16.3. The average molecular weight is 126 g/mol. The van der Waals surface area contributed by atoms with E-state index < -0.39 is 0 Å². The molecule has 2 fully saturated rings. The summed E-state index contributed by atoms with van der Waals surface area (Å²) in [6.07, 6.45) is 5.48. The third-order valence-electron chi connectivity index (χ3n) is 2.91. The van der Waals surface area contributed by atoms with Crippen LogP contribution in [-0.2, 0) is 0 Å². The molecule has 0 radical (unpaired) electrons. The first-order valence-electron chi connectivity index (χ1n) is 4.01. The van der Waals surface area contributed by atoms with Crippen LogP contribution in [0.5, 0.6) is 0 Å². The average Bonchev–Trinajstić information content (AvgIpc) is 2.64. The van der Waals surface area contributed by atoms with Crippen molar-refractivity contribution in [1.82, 2.24) is 0 Å². The molecule has 3 atom stereocenters. The molecule has 0 aromatic carbocycles. The van der Waals surface area contributed by atoms with Crippen LogP contribution in [0.2, 0.25) is 0 Å². The van der Waals surface area contributed by atoms with Crippen LogP contribution in [0.3, 0.4) is 0 Å². The van der Waals surface area contributed by atoms with Crippen LogP contribution >= 0.6 is 0 Å². The SMILES string of the molecule is OCC1CCC2CC2C1. The molecule has 0 bridgehead atoms. The number of aliphatic hydroxyl groups excluding tert-OH is 1. The van der Waals surface area contributed by atoms with Gasteiger partial charge < -0.3 is 5.11 Å². The highest BCUT2D eigenvalue weighted by molar-refractivity contribution is 4.91. The second-order valence-electron chi connectivity index (χ2n) is 3.62. The maximum Gasteiger partial charge on any atom is 0.0459 e. The molecule has 1 heteroatoms. The molecule has 0 heterocycles. The summed E-state index contributed by atoms with van der Waals surface area (Å²) in [4.78, 5) is 0. The molecule has 2 saturated carbocycles. The maximum absolute atomic E-state index is 8.83. The summed E-state index contributed by atoms with van der Waals surface area (Å²) < 4.78 is 0. The Morgan fingerprint density at radius 2 is 2.00 bits per heavy atom. The largest absolute Gasteiger partial charge is 0.396 e. The molecule has 2 aliphatic rings. The van der Waals surface area contributed by atoms with Gasteiger partial charge in [0, 0.05) is 6.61 Å². The minimum atomic E-state index is 0.434. The molecule has 1 nitrogen and oxygen atoms in total. The van der Waals surface area contributed by atoms with Gasteiger partial charge in [-0.25, -0.2) is 0 Å². The van der Waals surface area contributed by atoms with Crippen molar-refractivity contribution >= 4 is 0 Å². The fraction of sp³-hybridized carbons (Fsp3) is 1.00. The van der Waals surface area contributed by atoms with Gasteiger partial charge in [0.1, 0.15) is 0 Å². The Bertz CT molecular complexity index is 111. The lowest BCUT2D eigenvalue weighted by molar-refractivity contribution is 0.185. The summed E-state index contributed by atoms with van der Waals surface area (Å²) in [6, 6.07) is 0. The van der Waals surface area contributed by atoms with Crippen LogP contribution in [0.1, 0.15) is 25.7 Å². The van der Waals surface area contributed by atoms with Crippen LogP contribution < -0.4 is 0 Å². The molecule has 1 N–H and O–H groups in total. The van der Waals surface area contributed by atoms with E-state index in [-0.39, 0.29) is 0 Å². The lowest BCUT2D eigenvalue weighted by Gasteiger charge is -2.17. The standard InChI is InChI=1S/C8H14O/c9-5-6-1-2-7-4-8(7)3-6/h6-9H,1-5H2. The van der Waals surface area contributed by atoms with E-state index in [1.54, 1.807) is 0 Å². The Morgan fingerprint density at radius 3 is 2.67 bits per heavy atom. The highest BCUT2D eigenvalue weighted by Crippen LogP contribution is 2.51. The lowest BCUT2D eigenvalue weighted by atomic mass is 9.90. The van der Waals surface area contributed by atoms with Crippen molar-refractivity contribution in [3.05, 3.63) is 0 Å². The van der Waals surface area contributed by atoms with Crippen LogP contribution in [0.4, 0.5) is 0 Å². The van der Waals surface area contributed by atoms with E-state index in [4.69, 9.17) is 5.11 Å². The minimum Gasteiger partial charge on any atom is -0.396 e. The molecule has 52 valence electrons. The maximum atomic E-state index is 8.83. The van der Waals surface area contributed by atoms with Gasteiger partial charge in [0.15, 0.2) is 0 Å². The van der Waals surface area contributed by atoms with E-state index in [0.29, 0.717) is 12.5 Å². The van der Waals surface area contributed by atoms with Crippen molar-refractivity contribution in [3.63, 3.8) is 0 Å². The normalized spacial score (nSPS) is 48.3. The van der Waals surface area contributed by atoms with E-state index in [1.165, 1.54) is 25.7 Å². The zero-order chi connectivity index (χ0) is 6.27. The number of hydrogen-bond donors (Lipinski definition) is 1. The van der Waals surface area contributed by atoms with Crippen molar-refractivity contribution in [2.24, 2.45) is 17.8 Å². The van der Waals surface area contributed by atoms with E-state index in [0.717, 1.165) is 11.8 Å². The van der Waals surface area contributed by atoms with Crippen LogP contribution in [0.25, 0.3) is 0 Å². The van der Waals surface area contributed by atoms with Gasteiger partial charge in [-0.05, 0) is 43.4 Å². The molecule has 0 aliphatic heterocycles. The number of aliphatic hydroxyl groups is 1. The monoisotopic (exact) mass is 126 g/mol. The summed E-state index contributed by atoms with van der Waals surface area (Å²) in [7, 11) is 0. The Kier molecular flexibility index (Phi) is 1.26. The fourth-order valence-electron chi connectivity index (χ4n) is 2.11. The molecular weight excluding hydrogens is 112 g/mol. The summed E-state index contributed by atoms with van der Waals surface area (Å²) in [5.41, 5.74) is 0. The molecule has 0 amide bonds. The van der Waals surface area contributed by atoms with Crippen LogP contribution in [0, 0.1) is 17.8 Å². The van der Waals surface area contributed by atoms with Gasteiger partial charge in [-0.1, -0.05) is 0 Å². The smallest absolute Gasteiger partial charge is 0.0459 e.